The van der Waals surface area contributed by atoms with Gasteiger partial charge in [-0.2, -0.15) is 0 Å². The molecule has 0 fully saturated rings. The van der Waals surface area contributed by atoms with Crippen molar-refractivity contribution in [2.24, 2.45) is 0 Å². The number of ether oxygens (including phenoxy) is 3. The molecule has 470 valence electrons. The van der Waals surface area contributed by atoms with Gasteiger partial charge in [0.1, 0.15) is 13.2 Å². The number of allylic oxidation sites excluding steroid dienone is 6. The molecule has 0 radical (unpaired) electrons. The fraction of sp³-hybridized carbons (Fsp3) is 0.878. The van der Waals surface area contributed by atoms with Crippen LogP contribution in [0.2, 0.25) is 0 Å². The molecule has 0 aromatic rings. The summed E-state index contributed by atoms with van der Waals surface area (Å²) in [5, 5.41) is 0. The van der Waals surface area contributed by atoms with Crippen LogP contribution in [0.3, 0.4) is 0 Å². The number of hydrogen-bond acceptors (Lipinski definition) is 6. The number of carbonyl (C=O) groups is 3. The summed E-state index contributed by atoms with van der Waals surface area (Å²) in [6, 6.07) is 0. The average Bonchev–Trinajstić information content (AvgIpc) is 3.46. The third-order valence-corrected chi connectivity index (χ3v) is 16.4. The Labute approximate surface area is 499 Å². The minimum atomic E-state index is -0.766. The second-order valence-electron chi connectivity index (χ2n) is 24.5. The van der Waals surface area contributed by atoms with Crippen molar-refractivity contribution in [1.29, 1.82) is 0 Å². The highest BCUT2D eigenvalue weighted by atomic mass is 16.6. The molecule has 0 amide bonds. The van der Waals surface area contributed by atoms with E-state index in [1.54, 1.807) is 0 Å². The summed E-state index contributed by atoms with van der Waals surface area (Å²) >= 11 is 0. The predicted molar refractivity (Wildman–Crippen MR) is 349 cm³/mol. The predicted octanol–water partition coefficient (Wildman–Crippen LogP) is 24.7. The molecule has 0 aliphatic carbocycles. The van der Waals surface area contributed by atoms with E-state index < -0.39 is 6.10 Å². The SMILES string of the molecule is CCCCCCC/C=C\C/C=C\C/C=C\CCCCCCCCCCCCCCCCCCC(=O)OCC(COC(=O)CCCCCCC)OC(=O)CCCCCCCCCCCCCCCCCCCCCCCCCCCC. The van der Waals surface area contributed by atoms with Crippen molar-refractivity contribution in [3.8, 4) is 0 Å². The van der Waals surface area contributed by atoms with Crippen molar-refractivity contribution in [3.63, 3.8) is 0 Å². The zero-order valence-corrected chi connectivity index (χ0v) is 54.1. The topological polar surface area (TPSA) is 78.9 Å². The van der Waals surface area contributed by atoms with E-state index in [0.29, 0.717) is 19.3 Å². The maximum absolute atomic E-state index is 12.9. The number of esters is 3. The fourth-order valence-electron chi connectivity index (χ4n) is 11.0. The lowest BCUT2D eigenvalue weighted by Gasteiger charge is -2.18. The molecule has 6 nitrogen and oxygen atoms in total. The summed E-state index contributed by atoms with van der Waals surface area (Å²) in [6.07, 6.45) is 86.7. The van der Waals surface area contributed by atoms with Gasteiger partial charge in [0, 0.05) is 19.3 Å². The molecule has 0 aromatic heterocycles. The minimum absolute atomic E-state index is 0.0668. The van der Waals surface area contributed by atoms with Crippen molar-refractivity contribution >= 4 is 17.9 Å². The average molecular weight is 1120 g/mol. The van der Waals surface area contributed by atoms with Gasteiger partial charge in [-0.25, -0.2) is 0 Å². The maximum Gasteiger partial charge on any atom is 0.306 e. The van der Waals surface area contributed by atoms with Crippen LogP contribution in [0.5, 0.6) is 0 Å². The van der Waals surface area contributed by atoms with Gasteiger partial charge < -0.3 is 14.2 Å². The molecule has 0 aliphatic heterocycles. The smallest absolute Gasteiger partial charge is 0.306 e. The molecule has 0 saturated heterocycles. The molecule has 0 heterocycles. The summed E-state index contributed by atoms with van der Waals surface area (Å²) < 4.78 is 16.8. The summed E-state index contributed by atoms with van der Waals surface area (Å²) in [4.78, 5) is 38.0. The summed E-state index contributed by atoms with van der Waals surface area (Å²) in [6.45, 7) is 6.62. The highest BCUT2D eigenvalue weighted by Crippen LogP contribution is 2.19. The van der Waals surface area contributed by atoms with Crippen molar-refractivity contribution in [2.75, 3.05) is 13.2 Å². The van der Waals surface area contributed by atoms with Gasteiger partial charge in [-0.05, 0) is 57.8 Å². The monoisotopic (exact) mass is 1120 g/mol. The fourth-order valence-corrected chi connectivity index (χ4v) is 11.0. The van der Waals surface area contributed by atoms with Crippen molar-refractivity contribution in [2.45, 2.75) is 406 Å². The molecule has 0 bridgehead atoms. The van der Waals surface area contributed by atoms with Crippen LogP contribution in [0.1, 0.15) is 400 Å². The second kappa shape index (κ2) is 69.1. The van der Waals surface area contributed by atoms with E-state index in [2.05, 4.69) is 57.2 Å². The Morgan fingerprint density at radius 1 is 0.250 bits per heavy atom. The Morgan fingerprint density at radius 2 is 0.450 bits per heavy atom. The zero-order chi connectivity index (χ0) is 57.8. The Kier molecular flexibility index (Phi) is 67.1. The molecule has 1 atom stereocenters. The first-order chi connectivity index (χ1) is 39.5. The second-order valence-corrected chi connectivity index (χ2v) is 24.5. The van der Waals surface area contributed by atoms with E-state index in [-0.39, 0.29) is 31.1 Å². The van der Waals surface area contributed by atoms with Gasteiger partial charge in [-0.3, -0.25) is 14.4 Å². The first-order valence-corrected chi connectivity index (χ1v) is 36.0. The molecule has 0 N–H and O–H groups in total. The summed E-state index contributed by atoms with van der Waals surface area (Å²) in [5.41, 5.74) is 0. The summed E-state index contributed by atoms with van der Waals surface area (Å²) in [5.74, 6) is -0.854. The molecule has 0 rings (SSSR count). The van der Waals surface area contributed by atoms with Gasteiger partial charge in [0.15, 0.2) is 6.10 Å². The van der Waals surface area contributed by atoms with Gasteiger partial charge in [0.2, 0.25) is 0 Å². The Balaban J connectivity index is 3.92. The van der Waals surface area contributed by atoms with E-state index >= 15 is 0 Å². The van der Waals surface area contributed by atoms with Crippen LogP contribution in [0, 0.1) is 0 Å². The van der Waals surface area contributed by atoms with Gasteiger partial charge >= 0.3 is 17.9 Å². The van der Waals surface area contributed by atoms with Crippen molar-refractivity contribution in [1.82, 2.24) is 0 Å². The largest absolute Gasteiger partial charge is 0.462 e. The Bertz CT molecular complexity index is 1340. The van der Waals surface area contributed by atoms with E-state index in [1.165, 1.54) is 283 Å². The van der Waals surface area contributed by atoms with Gasteiger partial charge in [0.05, 0.1) is 0 Å². The molecule has 80 heavy (non-hydrogen) atoms. The molecule has 0 saturated carbocycles. The quantitative estimate of drug-likeness (QED) is 0.0261. The van der Waals surface area contributed by atoms with Gasteiger partial charge in [0.25, 0.3) is 0 Å². The van der Waals surface area contributed by atoms with Gasteiger partial charge in [-0.15, -0.1) is 0 Å². The minimum Gasteiger partial charge on any atom is -0.462 e. The number of hydrogen-bond donors (Lipinski definition) is 0. The van der Waals surface area contributed by atoms with Gasteiger partial charge in [-0.1, -0.05) is 359 Å². The highest BCUT2D eigenvalue weighted by Gasteiger charge is 2.19. The van der Waals surface area contributed by atoms with Crippen LogP contribution in [0.25, 0.3) is 0 Å². The zero-order valence-electron chi connectivity index (χ0n) is 54.1. The van der Waals surface area contributed by atoms with E-state index in [1.807, 2.05) is 0 Å². The number of rotatable bonds is 67. The van der Waals surface area contributed by atoms with Crippen LogP contribution in [-0.2, 0) is 28.6 Å². The lowest BCUT2D eigenvalue weighted by molar-refractivity contribution is -0.167. The molecular weight excluding hydrogens is 985 g/mol. The number of unbranched alkanes of at least 4 members (excludes halogenated alkanes) is 50. The van der Waals surface area contributed by atoms with Crippen molar-refractivity contribution in [3.05, 3.63) is 36.5 Å². The third-order valence-electron chi connectivity index (χ3n) is 16.4. The van der Waals surface area contributed by atoms with E-state index in [0.717, 1.165) is 77.0 Å². The van der Waals surface area contributed by atoms with Crippen LogP contribution in [0.4, 0.5) is 0 Å². The lowest BCUT2D eigenvalue weighted by atomic mass is 10.0. The Hall–Kier alpha value is -2.37. The van der Waals surface area contributed by atoms with Crippen molar-refractivity contribution < 1.29 is 28.6 Å². The number of carbonyl (C=O) groups excluding carboxylic acids is 3. The first-order valence-electron chi connectivity index (χ1n) is 36.0. The molecule has 0 aromatic carbocycles. The standard InChI is InChI=1S/C74H138O6/c1-4-7-10-13-15-17-19-21-23-25-27-29-31-33-35-36-37-38-39-41-42-44-46-48-50-52-54-56-58-61-64-67-73(76)79-70-71(69-78-72(75)66-63-60-12-9-6-3)80-74(77)68-65-62-59-57-55-53-51-49-47-45-43-40-34-32-30-28-26-24-22-20-18-16-14-11-8-5-2/h19,21,25,27,31,33,71H,4-18,20,22-24,26,28-30,32,34-70H2,1-3H3/b21-19-,27-25-,33-31-. The lowest BCUT2D eigenvalue weighted by Crippen LogP contribution is -2.30. The third kappa shape index (κ3) is 66.4. The normalized spacial score (nSPS) is 12.2. The van der Waals surface area contributed by atoms with E-state index in [4.69, 9.17) is 14.2 Å². The van der Waals surface area contributed by atoms with Crippen LogP contribution < -0.4 is 0 Å². The molecule has 6 heteroatoms. The first kappa shape index (κ1) is 77.6. The maximum atomic E-state index is 12.9. The van der Waals surface area contributed by atoms with Crippen LogP contribution >= 0.6 is 0 Å². The molecule has 0 spiro atoms. The van der Waals surface area contributed by atoms with E-state index in [9.17, 15) is 14.4 Å². The Morgan fingerprint density at radius 3 is 0.700 bits per heavy atom. The summed E-state index contributed by atoms with van der Waals surface area (Å²) in [7, 11) is 0. The molecule has 0 aliphatic rings. The molecular formula is C74H138O6. The van der Waals surface area contributed by atoms with Crippen LogP contribution in [-0.4, -0.2) is 37.2 Å². The highest BCUT2D eigenvalue weighted by molar-refractivity contribution is 5.71. The molecule has 1 unspecified atom stereocenters. The van der Waals surface area contributed by atoms with Crippen LogP contribution in [0.15, 0.2) is 36.5 Å².